The third-order valence-electron chi connectivity index (χ3n) is 3.96. The minimum Gasteiger partial charge on any atom is -0.495 e. The van der Waals surface area contributed by atoms with Crippen molar-refractivity contribution >= 4 is 33.5 Å². The molecule has 0 aliphatic heterocycles. The number of furan rings is 1. The second kappa shape index (κ2) is 7.44. The minimum atomic E-state index is -0.115. The van der Waals surface area contributed by atoms with Gasteiger partial charge in [0.05, 0.1) is 25.9 Å². The Balaban J connectivity index is 1.81. The number of benzene rings is 2. The molecule has 6 nitrogen and oxygen atoms in total. The van der Waals surface area contributed by atoms with E-state index in [1.807, 2.05) is 43.3 Å². The Bertz CT molecular complexity index is 888. The number of methoxy groups -OCH3 is 2. The van der Waals surface area contributed by atoms with Gasteiger partial charge in [-0.1, -0.05) is 18.2 Å². The van der Waals surface area contributed by atoms with Gasteiger partial charge in [0.25, 0.3) is 0 Å². The fourth-order valence-electron chi connectivity index (χ4n) is 2.85. The third kappa shape index (κ3) is 3.69. The van der Waals surface area contributed by atoms with Crippen molar-refractivity contribution in [2.24, 2.45) is 0 Å². The number of hydrogen-bond acceptors (Lipinski definition) is 5. The molecule has 1 heterocycles. The fourth-order valence-corrected chi connectivity index (χ4v) is 2.85. The summed E-state index contributed by atoms with van der Waals surface area (Å²) in [7, 11) is 3.21. The van der Waals surface area contributed by atoms with Gasteiger partial charge in [-0.3, -0.25) is 4.79 Å². The smallest absolute Gasteiger partial charge is 0.239 e. The molecular weight excluding hydrogens is 320 g/mol. The van der Waals surface area contributed by atoms with Gasteiger partial charge in [-0.2, -0.15) is 0 Å². The van der Waals surface area contributed by atoms with Gasteiger partial charge < -0.3 is 24.5 Å². The van der Waals surface area contributed by atoms with Crippen LogP contribution in [0.15, 0.2) is 40.8 Å². The Morgan fingerprint density at radius 1 is 1.16 bits per heavy atom. The number of rotatable bonds is 7. The van der Waals surface area contributed by atoms with Gasteiger partial charge in [0.2, 0.25) is 5.91 Å². The zero-order valence-corrected chi connectivity index (χ0v) is 14.6. The normalized spacial score (nSPS) is 12.3. The van der Waals surface area contributed by atoms with Crippen molar-refractivity contribution in [2.75, 3.05) is 32.7 Å². The number of carbonyl (C=O) groups is 1. The van der Waals surface area contributed by atoms with E-state index in [0.29, 0.717) is 18.0 Å². The Morgan fingerprint density at radius 3 is 2.72 bits per heavy atom. The highest BCUT2D eigenvalue weighted by Crippen LogP contribution is 2.36. The second-order valence-corrected chi connectivity index (χ2v) is 5.92. The number of para-hydroxylation sites is 1. The lowest BCUT2D eigenvalue weighted by Crippen LogP contribution is -2.39. The topological polar surface area (TPSA) is 72.7 Å². The Kier molecular flexibility index (Phi) is 5.09. The monoisotopic (exact) mass is 342 g/mol. The number of fused-ring (bicyclic) bond motifs is 3. The van der Waals surface area contributed by atoms with Gasteiger partial charge in [0.15, 0.2) is 0 Å². The molecule has 1 unspecified atom stereocenters. The number of ether oxygens (including phenoxy) is 2. The van der Waals surface area contributed by atoms with Crippen molar-refractivity contribution in [1.82, 2.24) is 5.32 Å². The summed E-state index contributed by atoms with van der Waals surface area (Å²) >= 11 is 0. The van der Waals surface area contributed by atoms with Crippen molar-refractivity contribution in [2.45, 2.75) is 13.0 Å². The van der Waals surface area contributed by atoms with Crippen LogP contribution < -0.4 is 15.4 Å². The Hall–Kier alpha value is -2.73. The van der Waals surface area contributed by atoms with Crippen molar-refractivity contribution in [3.05, 3.63) is 36.4 Å². The van der Waals surface area contributed by atoms with E-state index in [4.69, 9.17) is 13.9 Å². The summed E-state index contributed by atoms with van der Waals surface area (Å²) < 4.78 is 16.4. The summed E-state index contributed by atoms with van der Waals surface area (Å²) in [5, 5.41) is 7.98. The molecule has 3 aromatic rings. The zero-order chi connectivity index (χ0) is 17.8. The van der Waals surface area contributed by atoms with Crippen LogP contribution in [0.1, 0.15) is 6.92 Å². The number of amides is 1. The number of anilines is 1. The first kappa shape index (κ1) is 17.1. The molecule has 0 bridgehead atoms. The molecule has 6 heteroatoms. The van der Waals surface area contributed by atoms with Crippen LogP contribution in [0.2, 0.25) is 0 Å². The molecule has 0 fully saturated rings. The molecule has 0 saturated carbocycles. The van der Waals surface area contributed by atoms with Gasteiger partial charge in [0.1, 0.15) is 16.9 Å². The van der Waals surface area contributed by atoms with Crippen LogP contribution in [-0.4, -0.2) is 39.3 Å². The first-order valence-electron chi connectivity index (χ1n) is 8.14. The summed E-state index contributed by atoms with van der Waals surface area (Å²) in [5.41, 5.74) is 2.28. The summed E-state index contributed by atoms with van der Waals surface area (Å²) in [5.74, 6) is 0.549. The lowest BCUT2D eigenvalue weighted by Gasteiger charge is -2.14. The van der Waals surface area contributed by atoms with E-state index in [1.54, 1.807) is 14.2 Å². The molecule has 0 aliphatic rings. The van der Waals surface area contributed by atoms with Gasteiger partial charge in [-0.05, 0) is 19.1 Å². The number of hydrogen-bond donors (Lipinski definition) is 2. The maximum Gasteiger partial charge on any atom is 0.239 e. The van der Waals surface area contributed by atoms with Crippen LogP contribution in [0.25, 0.3) is 21.9 Å². The SMILES string of the molecule is COCC(C)NC(=O)CNc1cc2oc3ccccc3c2cc1OC. The Labute approximate surface area is 146 Å². The standard InChI is InChI=1S/C19H22N2O4/c1-12(11-23-2)21-19(22)10-20-15-9-17-14(8-18(15)24-3)13-6-4-5-7-16(13)25-17/h4-9,12,20H,10-11H2,1-3H3,(H,21,22). The molecule has 132 valence electrons. The quantitative estimate of drug-likeness (QED) is 0.690. The molecule has 3 rings (SSSR count). The van der Waals surface area contributed by atoms with E-state index in [0.717, 1.165) is 21.9 Å². The summed E-state index contributed by atoms with van der Waals surface area (Å²) in [6.45, 7) is 2.50. The van der Waals surface area contributed by atoms with E-state index in [-0.39, 0.29) is 18.5 Å². The molecule has 0 spiro atoms. The summed E-state index contributed by atoms with van der Waals surface area (Å²) in [6.07, 6.45) is 0. The molecule has 2 N–H and O–H groups in total. The average molecular weight is 342 g/mol. The fraction of sp³-hybridized carbons (Fsp3) is 0.316. The van der Waals surface area contributed by atoms with E-state index >= 15 is 0 Å². The molecular formula is C19H22N2O4. The first-order chi connectivity index (χ1) is 12.1. The highest BCUT2D eigenvalue weighted by molar-refractivity contribution is 6.06. The molecule has 25 heavy (non-hydrogen) atoms. The Morgan fingerprint density at radius 2 is 1.96 bits per heavy atom. The van der Waals surface area contributed by atoms with Gasteiger partial charge in [-0.15, -0.1) is 0 Å². The van der Waals surface area contributed by atoms with Crippen LogP contribution in [0, 0.1) is 0 Å². The maximum atomic E-state index is 12.0. The predicted molar refractivity (Wildman–Crippen MR) is 98.2 cm³/mol. The van der Waals surface area contributed by atoms with Gasteiger partial charge >= 0.3 is 0 Å². The van der Waals surface area contributed by atoms with Crippen LogP contribution in [-0.2, 0) is 9.53 Å². The highest BCUT2D eigenvalue weighted by atomic mass is 16.5. The van der Waals surface area contributed by atoms with E-state index < -0.39 is 0 Å². The molecule has 1 atom stereocenters. The van der Waals surface area contributed by atoms with Crippen LogP contribution in [0.4, 0.5) is 5.69 Å². The van der Waals surface area contributed by atoms with E-state index in [9.17, 15) is 4.79 Å². The summed E-state index contributed by atoms with van der Waals surface area (Å²) in [6, 6.07) is 11.6. The zero-order valence-electron chi connectivity index (χ0n) is 14.6. The highest BCUT2D eigenvalue weighted by Gasteiger charge is 2.13. The largest absolute Gasteiger partial charge is 0.495 e. The van der Waals surface area contributed by atoms with E-state index in [2.05, 4.69) is 10.6 Å². The first-order valence-corrected chi connectivity index (χ1v) is 8.14. The van der Waals surface area contributed by atoms with Crippen molar-refractivity contribution in [1.29, 1.82) is 0 Å². The van der Waals surface area contributed by atoms with Crippen molar-refractivity contribution in [3.8, 4) is 5.75 Å². The average Bonchev–Trinajstić information content (AvgIpc) is 2.96. The lowest BCUT2D eigenvalue weighted by molar-refractivity contribution is -0.120. The molecule has 1 amide bonds. The summed E-state index contributed by atoms with van der Waals surface area (Å²) in [4.78, 5) is 12.0. The van der Waals surface area contributed by atoms with Crippen LogP contribution >= 0.6 is 0 Å². The molecule has 0 saturated heterocycles. The lowest BCUT2D eigenvalue weighted by atomic mass is 10.1. The van der Waals surface area contributed by atoms with Crippen LogP contribution in [0.5, 0.6) is 5.75 Å². The molecule has 0 radical (unpaired) electrons. The number of nitrogens with one attached hydrogen (secondary N) is 2. The predicted octanol–water partition coefficient (Wildman–Crippen LogP) is 3.16. The van der Waals surface area contributed by atoms with E-state index in [1.165, 1.54) is 0 Å². The maximum absolute atomic E-state index is 12.0. The second-order valence-electron chi connectivity index (χ2n) is 5.92. The van der Waals surface area contributed by atoms with Crippen LogP contribution in [0.3, 0.4) is 0 Å². The molecule has 2 aromatic carbocycles. The van der Waals surface area contributed by atoms with Crippen molar-refractivity contribution < 1.29 is 18.7 Å². The minimum absolute atomic E-state index is 0.0425. The van der Waals surface area contributed by atoms with Gasteiger partial charge in [0, 0.05) is 30.0 Å². The van der Waals surface area contributed by atoms with Crippen molar-refractivity contribution in [3.63, 3.8) is 0 Å². The molecule has 0 aliphatic carbocycles. The molecule has 1 aromatic heterocycles. The third-order valence-corrected chi connectivity index (χ3v) is 3.96. The van der Waals surface area contributed by atoms with Gasteiger partial charge in [-0.25, -0.2) is 0 Å². The number of carbonyl (C=O) groups excluding carboxylic acids is 1.